The normalized spacial score (nSPS) is 18.6. The van der Waals surface area contributed by atoms with E-state index in [1.165, 1.54) is 0 Å². The Morgan fingerprint density at radius 2 is 1.53 bits per heavy atom. The molecule has 5 nitrogen and oxygen atoms in total. The maximum atomic E-state index is 13.0. The predicted octanol–water partition coefficient (Wildman–Crippen LogP) is 6.68. The smallest absolute Gasteiger partial charge is 0.418 e. The fraction of sp³-hybridized carbons (Fsp3) is 0.417. The average Bonchev–Trinajstić information content (AvgIpc) is 2.75. The highest BCUT2D eigenvalue weighted by Crippen LogP contribution is 2.33. The summed E-state index contributed by atoms with van der Waals surface area (Å²) >= 11 is 6.00. The van der Waals surface area contributed by atoms with Gasteiger partial charge in [-0.2, -0.15) is 0 Å². The van der Waals surface area contributed by atoms with Crippen LogP contribution in [0.25, 0.3) is 0 Å². The number of halogens is 1. The molecule has 0 unspecified atom stereocenters. The third-order valence-corrected chi connectivity index (χ3v) is 5.95. The fourth-order valence-electron chi connectivity index (χ4n) is 4.01. The SMILES string of the molecule is O=C(O)CCCC1CCC(COC(=O)N(c2ccccc2)c2ccc(Cl)cc2)CC1. The number of carboxylic acid groups (broad SMARTS) is 1. The van der Waals surface area contributed by atoms with Gasteiger partial charge in [-0.1, -0.05) is 42.6 Å². The number of amides is 1. The van der Waals surface area contributed by atoms with Gasteiger partial charge in [-0.3, -0.25) is 4.79 Å². The van der Waals surface area contributed by atoms with Crippen molar-refractivity contribution in [2.24, 2.45) is 11.8 Å². The van der Waals surface area contributed by atoms with E-state index in [0.29, 0.717) is 29.2 Å². The Morgan fingerprint density at radius 3 is 2.17 bits per heavy atom. The number of anilines is 2. The Bertz CT molecular complexity index is 817. The third kappa shape index (κ3) is 6.49. The minimum absolute atomic E-state index is 0.248. The molecule has 1 amide bonds. The summed E-state index contributed by atoms with van der Waals surface area (Å²) in [6.45, 7) is 0.400. The van der Waals surface area contributed by atoms with Crippen LogP contribution in [0.4, 0.5) is 16.2 Å². The molecular weight excluding hydrogens is 402 g/mol. The van der Waals surface area contributed by atoms with Crippen molar-refractivity contribution >= 4 is 35.0 Å². The monoisotopic (exact) mass is 429 g/mol. The van der Waals surface area contributed by atoms with E-state index >= 15 is 0 Å². The lowest BCUT2D eigenvalue weighted by Crippen LogP contribution is -2.29. The van der Waals surface area contributed by atoms with Gasteiger partial charge in [0.25, 0.3) is 0 Å². The second kappa shape index (κ2) is 11.0. The second-order valence-corrected chi connectivity index (χ2v) is 8.33. The summed E-state index contributed by atoms with van der Waals surface area (Å²) in [6.07, 6.45) is 5.73. The molecule has 1 N–H and O–H groups in total. The zero-order valence-electron chi connectivity index (χ0n) is 17.0. The van der Waals surface area contributed by atoms with Crippen LogP contribution >= 0.6 is 11.6 Å². The number of rotatable bonds is 8. The molecular formula is C24H28ClNO4. The number of ether oxygens (including phenoxy) is 1. The van der Waals surface area contributed by atoms with E-state index in [1.807, 2.05) is 30.3 Å². The van der Waals surface area contributed by atoms with Crippen molar-refractivity contribution in [3.8, 4) is 0 Å². The van der Waals surface area contributed by atoms with Crippen LogP contribution in [0.2, 0.25) is 5.02 Å². The first kappa shape index (κ1) is 22.2. The summed E-state index contributed by atoms with van der Waals surface area (Å²) < 4.78 is 5.71. The zero-order valence-corrected chi connectivity index (χ0v) is 17.8. The molecule has 160 valence electrons. The first-order chi connectivity index (χ1) is 14.5. The molecule has 0 saturated heterocycles. The van der Waals surface area contributed by atoms with E-state index in [1.54, 1.807) is 29.2 Å². The zero-order chi connectivity index (χ0) is 21.3. The van der Waals surface area contributed by atoms with Gasteiger partial charge in [0.1, 0.15) is 0 Å². The number of nitrogens with zero attached hydrogens (tertiary/aromatic N) is 1. The van der Waals surface area contributed by atoms with Crippen LogP contribution in [0.3, 0.4) is 0 Å². The Kier molecular flexibility index (Phi) is 8.14. The summed E-state index contributed by atoms with van der Waals surface area (Å²) in [6, 6.07) is 16.5. The molecule has 2 aromatic rings. The van der Waals surface area contributed by atoms with Crippen molar-refractivity contribution in [1.29, 1.82) is 0 Å². The lowest BCUT2D eigenvalue weighted by Gasteiger charge is -2.29. The molecule has 0 radical (unpaired) electrons. The lowest BCUT2D eigenvalue weighted by atomic mass is 9.80. The van der Waals surface area contributed by atoms with Gasteiger partial charge in [0.05, 0.1) is 18.0 Å². The minimum Gasteiger partial charge on any atom is -0.481 e. The molecule has 0 spiro atoms. The van der Waals surface area contributed by atoms with Gasteiger partial charge >= 0.3 is 12.1 Å². The topological polar surface area (TPSA) is 66.8 Å². The molecule has 6 heteroatoms. The fourth-order valence-corrected chi connectivity index (χ4v) is 4.14. The Morgan fingerprint density at radius 1 is 0.933 bits per heavy atom. The van der Waals surface area contributed by atoms with E-state index in [-0.39, 0.29) is 6.42 Å². The van der Waals surface area contributed by atoms with Gasteiger partial charge in [-0.05, 0) is 73.9 Å². The molecule has 0 heterocycles. The van der Waals surface area contributed by atoms with Crippen LogP contribution in [-0.4, -0.2) is 23.8 Å². The molecule has 1 aliphatic rings. The lowest BCUT2D eigenvalue weighted by molar-refractivity contribution is -0.137. The van der Waals surface area contributed by atoms with Crippen LogP contribution in [0, 0.1) is 11.8 Å². The van der Waals surface area contributed by atoms with E-state index < -0.39 is 12.1 Å². The predicted molar refractivity (Wildman–Crippen MR) is 118 cm³/mol. The number of hydrogen-bond donors (Lipinski definition) is 1. The summed E-state index contributed by atoms with van der Waals surface area (Å²) in [5.41, 5.74) is 1.45. The molecule has 0 atom stereocenters. The number of carbonyl (C=O) groups excluding carboxylic acids is 1. The van der Waals surface area contributed by atoms with Crippen LogP contribution in [0.5, 0.6) is 0 Å². The molecule has 2 aromatic carbocycles. The van der Waals surface area contributed by atoms with E-state index in [0.717, 1.165) is 44.2 Å². The number of para-hydroxylation sites is 1. The van der Waals surface area contributed by atoms with E-state index in [9.17, 15) is 9.59 Å². The Hall–Kier alpha value is -2.53. The number of hydrogen-bond acceptors (Lipinski definition) is 3. The first-order valence-corrected chi connectivity index (χ1v) is 10.9. The largest absolute Gasteiger partial charge is 0.481 e. The number of benzene rings is 2. The highest BCUT2D eigenvalue weighted by molar-refractivity contribution is 6.30. The summed E-state index contributed by atoms with van der Waals surface area (Å²) in [7, 11) is 0. The van der Waals surface area contributed by atoms with Crippen molar-refractivity contribution in [1.82, 2.24) is 0 Å². The van der Waals surface area contributed by atoms with Gasteiger partial charge in [0.2, 0.25) is 0 Å². The van der Waals surface area contributed by atoms with Gasteiger partial charge in [0, 0.05) is 11.4 Å². The van der Waals surface area contributed by atoms with Crippen molar-refractivity contribution in [2.75, 3.05) is 11.5 Å². The molecule has 3 rings (SSSR count). The van der Waals surface area contributed by atoms with Gasteiger partial charge in [0.15, 0.2) is 0 Å². The number of aliphatic carboxylic acids is 1. The third-order valence-electron chi connectivity index (χ3n) is 5.69. The second-order valence-electron chi connectivity index (χ2n) is 7.90. The molecule has 0 bridgehead atoms. The van der Waals surface area contributed by atoms with Crippen LogP contribution in [-0.2, 0) is 9.53 Å². The maximum absolute atomic E-state index is 13.0. The molecule has 0 aromatic heterocycles. The van der Waals surface area contributed by atoms with Crippen LogP contribution < -0.4 is 4.90 Å². The Labute approximate surface area is 182 Å². The minimum atomic E-state index is -0.723. The van der Waals surface area contributed by atoms with E-state index in [2.05, 4.69) is 0 Å². The Balaban J connectivity index is 1.54. The van der Waals surface area contributed by atoms with Crippen LogP contribution in [0.1, 0.15) is 44.9 Å². The average molecular weight is 430 g/mol. The summed E-state index contributed by atoms with van der Waals surface area (Å²) in [4.78, 5) is 25.2. The molecule has 30 heavy (non-hydrogen) atoms. The van der Waals surface area contributed by atoms with Gasteiger partial charge in [-0.25, -0.2) is 9.69 Å². The summed E-state index contributed by atoms with van der Waals surface area (Å²) in [5.74, 6) is 0.220. The quantitative estimate of drug-likeness (QED) is 0.508. The standard InChI is InChI=1S/C24H28ClNO4/c25-20-13-15-22(16-14-20)26(21-6-2-1-3-7-21)24(29)30-17-19-11-9-18(10-12-19)5-4-8-23(27)28/h1-3,6-7,13-16,18-19H,4-5,8-12,17H2,(H,27,28). The summed E-state index contributed by atoms with van der Waals surface area (Å²) in [5, 5.41) is 9.38. The molecule has 1 saturated carbocycles. The maximum Gasteiger partial charge on any atom is 0.418 e. The van der Waals surface area contributed by atoms with Gasteiger partial charge < -0.3 is 9.84 Å². The van der Waals surface area contributed by atoms with Crippen molar-refractivity contribution < 1.29 is 19.4 Å². The van der Waals surface area contributed by atoms with Crippen molar-refractivity contribution in [2.45, 2.75) is 44.9 Å². The van der Waals surface area contributed by atoms with Crippen LogP contribution in [0.15, 0.2) is 54.6 Å². The van der Waals surface area contributed by atoms with Crippen molar-refractivity contribution in [3.05, 3.63) is 59.6 Å². The van der Waals surface area contributed by atoms with Gasteiger partial charge in [-0.15, -0.1) is 0 Å². The molecule has 0 aliphatic heterocycles. The number of carboxylic acids is 1. The molecule has 1 aliphatic carbocycles. The van der Waals surface area contributed by atoms with Crippen molar-refractivity contribution in [3.63, 3.8) is 0 Å². The highest BCUT2D eigenvalue weighted by atomic mass is 35.5. The molecule has 1 fully saturated rings. The highest BCUT2D eigenvalue weighted by Gasteiger charge is 2.25. The number of carbonyl (C=O) groups is 2. The van der Waals surface area contributed by atoms with E-state index in [4.69, 9.17) is 21.4 Å². The first-order valence-electron chi connectivity index (χ1n) is 10.5.